The first kappa shape index (κ1) is 18.9. The molecule has 8 heteroatoms. The molecule has 0 saturated carbocycles. The summed E-state index contributed by atoms with van der Waals surface area (Å²) in [5, 5.41) is 13.2. The molecule has 27 heavy (non-hydrogen) atoms. The third kappa shape index (κ3) is 4.65. The van der Waals surface area contributed by atoms with E-state index >= 15 is 0 Å². The van der Waals surface area contributed by atoms with Crippen LogP contribution in [0.3, 0.4) is 0 Å². The molecule has 1 N–H and O–H groups in total. The number of carbonyl (C=O) groups excluding carboxylic acids is 2. The van der Waals surface area contributed by atoms with Gasteiger partial charge in [-0.25, -0.2) is 0 Å². The lowest BCUT2D eigenvalue weighted by atomic mass is 10.2. The molecule has 1 atom stereocenters. The van der Waals surface area contributed by atoms with Crippen LogP contribution in [0.4, 0.5) is 17.1 Å². The summed E-state index contributed by atoms with van der Waals surface area (Å²) < 4.78 is 0. The Morgan fingerprint density at radius 3 is 2.63 bits per heavy atom. The molecular formula is C19H19N3O4S. The molecular weight excluding hydrogens is 366 g/mol. The summed E-state index contributed by atoms with van der Waals surface area (Å²) in [5.41, 5.74) is 1.43. The summed E-state index contributed by atoms with van der Waals surface area (Å²) in [7, 11) is 0. The van der Waals surface area contributed by atoms with E-state index in [1.54, 1.807) is 36.1 Å². The van der Waals surface area contributed by atoms with Crippen LogP contribution >= 0.6 is 11.8 Å². The molecule has 2 aromatic rings. The van der Waals surface area contributed by atoms with Gasteiger partial charge in [0.05, 0.1) is 10.2 Å². The van der Waals surface area contributed by atoms with Crippen molar-refractivity contribution < 1.29 is 14.5 Å². The van der Waals surface area contributed by atoms with Gasteiger partial charge in [-0.15, -0.1) is 11.8 Å². The Hall–Kier alpha value is -2.87. The Kier molecular flexibility index (Phi) is 5.75. The molecule has 1 aliphatic rings. The fraction of sp³-hybridized carbons (Fsp3) is 0.263. The topological polar surface area (TPSA) is 92.5 Å². The Morgan fingerprint density at radius 1 is 1.26 bits per heavy atom. The number of hydrogen-bond acceptors (Lipinski definition) is 5. The van der Waals surface area contributed by atoms with Gasteiger partial charge < -0.3 is 10.2 Å². The van der Waals surface area contributed by atoms with Crippen molar-refractivity contribution in [3.63, 3.8) is 0 Å². The smallest absolute Gasteiger partial charge is 0.269 e. The SMILES string of the molecule is C[C@H](Sc1ccc([N+](=O)[O-])cc1)C(=O)Nc1cccc(N2CCCC2=O)c1. The highest BCUT2D eigenvalue weighted by atomic mass is 32.2. The highest BCUT2D eigenvalue weighted by molar-refractivity contribution is 8.00. The van der Waals surface area contributed by atoms with E-state index in [-0.39, 0.29) is 22.8 Å². The number of nitro benzene ring substituents is 1. The zero-order chi connectivity index (χ0) is 19.4. The minimum Gasteiger partial charge on any atom is -0.325 e. The van der Waals surface area contributed by atoms with Crippen LogP contribution in [0, 0.1) is 10.1 Å². The molecule has 0 radical (unpaired) electrons. The average Bonchev–Trinajstić information content (AvgIpc) is 3.08. The molecule has 2 aromatic carbocycles. The second-order valence-corrected chi connectivity index (χ2v) is 7.61. The van der Waals surface area contributed by atoms with E-state index in [4.69, 9.17) is 0 Å². The molecule has 0 aromatic heterocycles. The summed E-state index contributed by atoms with van der Waals surface area (Å²) >= 11 is 1.32. The van der Waals surface area contributed by atoms with Crippen LogP contribution in [0.5, 0.6) is 0 Å². The quantitative estimate of drug-likeness (QED) is 0.463. The maximum atomic E-state index is 12.5. The third-order valence-electron chi connectivity index (χ3n) is 4.23. The largest absolute Gasteiger partial charge is 0.325 e. The predicted octanol–water partition coefficient (Wildman–Crippen LogP) is 3.84. The zero-order valence-corrected chi connectivity index (χ0v) is 15.6. The van der Waals surface area contributed by atoms with Crippen LogP contribution in [0.2, 0.25) is 0 Å². The van der Waals surface area contributed by atoms with Gasteiger partial charge >= 0.3 is 0 Å². The summed E-state index contributed by atoms with van der Waals surface area (Å²) in [6, 6.07) is 13.3. The molecule has 0 aliphatic carbocycles. The lowest BCUT2D eigenvalue weighted by molar-refractivity contribution is -0.384. The van der Waals surface area contributed by atoms with Gasteiger partial charge in [0, 0.05) is 41.4 Å². The summed E-state index contributed by atoms with van der Waals surface area (Å²) in [4.78, 5) is 37.1. The van der Waals surface area contributed by atoms with E-state index in [1.807, 2.05) is 12.1 Å². The summed E-state index contributed by atoms with van der Waals surface area (Å²) in [6.07, 6.45) is 1.40. The van der Waals surface area contributed by atoms with Crippen molar-refractivity contribution in [2.45, 2.75) is 29.9 Å². The zero-order valence-electron chi connectivity index (χ0n) is 14.8. The lowest BCUT2D eigenvalue weighted by Gasteiger charge is -2.17. The highest BCUT2D eigenvalue weighted by Crippen LogP contribution is 2.27. The van der Waals surface area contributed by atoms with E-state index in [9.17, 15) is 19.7 Å². The Bertz CT molecular complexity index is 870. The fourth-order valence-corrected chi connectivity index (χ4v) is 3.69. The molecule has 1 heterocycles. The normalized spacial score (nSPS) is 14.9. The fourth-order valence-electron chi connectivity index (χ4n) is 2.82. The highest BCUT2D eigenvalue weighted by Gasteiger charge is 2.22. The van der Waals surface area contributed by atoms with Gasteiger partial charge in [0.2, 0.25) is 11.8 Å². The van der Waals surface area contributed by atoms with Gasteiger partial charge in [-0.3, -0.25) is 19.7 Å². The maximum Gasteiger partial charge on any atom is 0.269 e. The number of carbonyl (C=O) groups is 2. The minimum atomic E-state index is -0.456. The Labute approximate surface area is 160 Å². The molecule has 1 fully saturated rings. The van der Waals surface area contributed by atoms with E-state index in [1.165, 1.54) is 23.9 Å². The van der Waals surface area contributed by atoms with Crippen molar-refractivity contribution in [3.8, 4) is 0 Å². The number of non-ortho nitro benzene ring substituents is 1. The first-order valence-electron chi connectivity index (χ1n) is 8.56. The van der Waals surface area contributed by atoms with Crippen molar-refractivity contribution in [2.24, 2.45) is 0 Å². The average molecular weight is 385 g/mol. The number of rotatable bonds is 6. The van der Waals surface area contributed by atoms with Gasteiger partial charge in [-0.05, 0) is 43.7 Å². The Morgan fingerprint density at radius 2 is 2.00 bits per heavy atom. The Balaban J connectivity index is 1.62. The van der Waals surface area contributed by atoms with E-state index in [0.29, 0.717) is 18.7 Å². The maximum absolute atomic E-state index is 12.5. The van der Waals surface area contributed by atoms with Crippen LogP contribution in [-0.4, -0.2) is 28.5 Å². The second-order valence-electron chi connectivity index (χ2n) is 6.20. The number of amides is 2. The number of nitrogens with one attached hydrogen (secondary N) is 1. The van der Waals surface area contributed by atoms with E-state index in [0.717, 1.165) is 17.0 Å². The van der Waals surface area contributed by atoms with Gasteiger partial charge in [-0.1, -0.05) is 6.07 Å². The second kappa shape index (κ2) is 8.22. The van der Waals surface area contributed by atoms with Crippen LogP contribution in [-0.2, 0) is 9.59 Å². The van der Waals surface area contributed by atoms with Gasteiger partial charge in [0.25, 0.3) is 5.69 Å². The number of nitro groups is 1. The molecule has 140 valence electrons. The van der Waals surface area contributed by atoms with E-state index in [2.05, 4.69) is 5.32 Å². The summed E-state index contributed by atoms with van der Waals surface area (Å²) in [6.45, 7) is 2.47. The van der Waals surface area contributed by atoms with Crippen LogP contribution < -0.4 is 10.2 Å². The van der Waals surface area contributed by atoms with Crippen LogP contribution in [0.15, 0.2) is 53.4 Å². The monoisotopic (exact) mass is 385 g/mol. The molecule has 0 unspecified atom stereocenters. The van der Waals surface area contributed by atoms with Gasteiger partial charge in [0.1, 0.15) is 0 Å². The summed E-state index contributed by atoms with van der Waals surface area (Å²) in [5.74, 6) is -0.0798. The number of benzene rings is 2. The first-order chi connectivity index (χ1) is 12.9. The number of anilines is 2. The lowest BCUT2D eigenvalue weighted by Crippen LogP contribution is -2.25. The third-order valence-corrected chi connectivity index (χ3v) is 5.34. The molecule has 1 aliphatic heterocycles. The van der Waals surface area contributed by atoms with Crippen molar-refractivity contribution in [3.05, 3.63) is 58.6 Å². The van der Waals surface area contributed by atoms with Gasteiger partial charge in [0.15, 0.2) is 0 Å². The molecule has 0 bridgehead atoms. The number of hydrogen-bond donors (Lipinski definition) is 1. The van der Waals surface area contributed by atoms with Crippen molar-refractivity contribution in [2.75, 3.05) is 16.8 Å². The van der Waals surface area contributed by atoms with E-state index < -0.39 is 4.92 Å². The predicted molar refractivity (Wildman–Crippen MR) is 105 cm³/mol. The minimum absolute atomic E-state index is 0.0183. The molecule has 0 spiro atoms. The number of nitrogens with zero attached hydrogens (tertiary/aromatic N) is 2. The van der Waals surface area contributed by atoms with Gasteiger partial charge in [-0.2, -0.15) is 0 Å². The molecule has 3 rings (SSSR count). The molecule has 2 amide bonds. The van der Waals surface area contributed by atoms with Crippen molar-refractivity contribution >= 4 is 40.6 Å². The van der Waals surface area contributed by atoms with Crippen molar-refractivity contribution in [1.82, 2.24) is 0 Å². The first-order valence-corrected chi connectivity index (χ1v) is 9.44. The molecule has 1 saturated heterocycles. The number of thioether (sulfide) groups is 1. The molecule has 7 nitrogen and oxygen atoms in total. The van der Waals surface area contributed by atoms with Crippen LogP contribution in [0.1, 0.15) is 19.8 Å². The van der Waals surface area contributed by atoms with Crippen LogP contribution in [0.25, 0.3) is 0 Å². The van der Waals surface area contributed by atoms with Crippen molar-refractivity contribution in [1.29, 1.82) is 0 Å². The standard InChI is InChI=1S/C19H19N3O4S/c1-13(27-17-9-7-15(8-10-17)22(25)26)19(24)20-14-4-2-5-16(12-14)21-11-3-6-18(21)23/h2,4-5,7-10,12-13H,3,6,11H2,1H3,(H,20,24)/t13-/m0/s1.